The predicted molar refractivity (Wildman–Crippen MR) is 63.9 cm³/mol. The minimum absolute atomic E-state index is 0.0829. The maximum Gasteiger partial charge on any atom is 0.206 e. The second-order valence-corrected chi connectivity index (χ2v) is 5.34. The van der Waals surface area contributed by atoms with Gasteiger partial charge in [-0.3, -0.25) is 5.41 Å². The molecule has 1 aliphatic rings. The van der Waals surface area contributed by atoms with Gasteiger partial charge in [0.1, 0.15) is 0 Å². The molecule has 0 aromatic carbocycles. The summed E-state index contributed by atoms with van der Waals surface area (Å²) in [5.74, 6) is 0.703. The summed E-state index contributed by atoms with van der Waals surface area (Å²) in [5.41, 5.74) is 9.24. The summed E-state index contributed by atoms with van der Waals surface area (Å²) in [7, 11) is 0. The molecule has 0 spiro atoms. The lowest BCUT2D eigenvalue weighted by molar-refractivity contribution is 0.208. The Hall–Kier alpha value is -1.06. The molecule has 0 aliphatic heterocycles. The van der Waals surface area contributed by atoms with E-state index in [9.17, 15) is 0 Å². The van der Waals surface area contributed by atoms with Crippen LogP contribution >= 0.6 is 0 Å². The quantitative estimate of drug-likeness (QED) is 0.352. The first-order chi connectivity index (χ1) is 6.89. The molecule has 4 nitrogen and oxygen atoms in total. The zero-order valence-corrected chi connectivity index (χ0v) is 9.93. The summed E-state index contributed by atoms with van der Waals surface area (Å²) in [6, 6.07) is 0. The topological polar surface area (TPSA) is 74.3 Å². The predicted octanol–water partition coefficient (Wildman–Crippen LogP) is 2.06. The first-order valence-corrected chi connectivity index (χ1v) is 5.55. The fourth-order valence-corrected chi connectivity index (χ4v) is 2.07. The number of hydrogen-bond acceptors (Lipinski definition) is 2. The smallest absolute Gasteiger partial charge is 0.206 e. The molecule has 1 rings (SSSR count). The van der Waals surface area contributed by atoms with Gasteiger partial charge in [-0.15, -0.1) is 0 Å². The van der Waals surface area contributed by atoms with Gasteiger partial charge in [-0.2, -0.15) is 5.10 Å². The fourth-order valence-electron chi connectivity index (χ4n) is 2.07. The summed E-state index contributed by atoms with van der Waals surface area (Å²) < 4.78 is 0. The van der Waals surface area contributed by atoms with Crippen LogP contribution in [-0.4, -0.2) is 11.7 Å². The number of hydrogen-bond donors (Lipinski definition) is 3. The van der Waals surface area contributed by atoms with E-state index in [0.717, 1.165) is 24.5 Å². The van der Waals surface area contributed by atoms with Crippen LogP contribution < -0.4 is 11.2 Å². The maximum absolute atomic E-state index is 7.01. The first kappa shape index (κ1) is 12.0. The lowest BCUT2D eigenvalue weighted by atomic mass is 9.72. The molecule has 15 heavy (non-hydrogen) atoms. The van der Waals surface area contributed by atoms with Crippen molar-refractivity contribution in [3.8, 4) is 0 Å². The average molecular weight is 210 g/mol. The van der Waals surface area contributed by atoms with Crippen LogP contribution in [0.25, 0.3) is 0 Å². The van der Waals surface area contributed by atoms with Gasteiger partial charge in [0.15, 0.2) is 0 Å². The van der Waals surface area contributed by atoms with E-state index in [2.05, 4.69) is 31.3 Å². The van der Waals surface area contributed by atoms with Crippen LogP contribution in [0.4, 0.5) is 0 Å². The lowest BCUT2D eigenvalue weighted by Gasteiger charge is -2.34. The van der Waals surface area contributed by atoms with E-state index in [1.165, 1.54) is 12.8 Å². The molecule has 0 aromatic rings. The van der Waals surface area contributed by atoms with Gasteiger partial charge in [0.05, 0.1) is 0 Å². The van der Waals surface area contributed by atoms with Crippen LogP contribution in [0.3, 0.4) is 0 Å². The lowest BCUT2D eigenvalue weighted by Crippen LogP contribution is -2.29. The molecule has 0 heterocycles. The summed E-state index contributed by atoms with van der Waals surface area (Å²) in [5, 5.41) is 11.1. The summed E-state index contributed by atoms with van der Waals surface area (Å²) in [6.45, 7) is 6.90. The second-order valence-electron chi connectivity index (χ2n) is 5.34. The average Bonchev–Trinajstić information content (AvgIpc) is 2.14. The molecule has 86 valence electrons. The van der Waals surface area contributed by atoms with Crippen molar-refractivity contribution in [3.05, 3.63) is 0 Å². The minimum Gasteiger partial charge on any atom is -0.369 e. The van der Waals surface area contributed by atoms with Gasteiger partial charge < -0.3 is 5.73 Å². The molecular weight excluding hydrogens is 188 g/mol. The highest BCUT2D eigenvalue weighted by atomic mass is 15.3. The van der Waals surface area contributed by atoms with Crippen molar-refractivity contribution in [3.63, 3.8) is 0 Å². The molecule has 1 fully saturated rings. The highest BCUT2D eigenvalue weighted by Crippen LogP contribution is 2.36. The van der Waals surface area contributed by atoms with Gasteiger partial charge in [-0.25, -0.2) is 5.43 Å². The van der Waals surface area contributed by atoms with Gasteiger partial charge in [0.2, 0.25) is 5.96 Å². The Kier molecular flexibility index (Phi) is 3.72. The number of hydrazone groups is 1. The van der Waals surface area contributed by atoms with Crippen molar-refractivity contribution in [1.29, 1.82) is 5.41 Å². The van der Waals surface area contributed by atoms with Crippen molar-refractivity contribution in [2.45, 2.75) is 46.5 Å². The normalized spacial score (nSPS) is 22.3. The van der Waals surface area contributed by atoms with Crippen molar-refractivity contribution < 1.29 is 0 Å². The molecular formula is C11H22N4. The van der Waals surface area contributed by atoms with Gasteiger partial charge in [0, 0.05) is 5.71 Å². The molecule has 0 aromatic heterocycles. The van der Waals surface area contributed by atoms with Crippen molar-refractivity contribution >= 4 is 11.7 Å². The third kappa shape index (κ3) is 3.90. The second kappa shape index (κ2) is 4.64. The first-order valence-electron chi connectivity index (χ1n) is 5.55. The van der Waals surface area contributed by atoms with E-state index in [-0.39, 0.29) is 5.96 Å². The van der Waals surface area contributed by atoms with Crippen LogP contribution in [0, 0.1) is 16.7 Å². The van der Waals surface area contributed by atoms with Crippen molar-refractivity contribution in [2.24, 2.45) is 22.2 Å². The van der Waals surface area contributed by atoms with Gasteiger partial charge in [-0.1, -0.05) is 20.8 Å². The molecule has 0 radical (unpaired) electrons. The minimum atomic E-state index is -0.0829. The largest absolute Gasteiger partial charge is 0.369 e. The molecule has 0 saturated heterocycles. The Labute approximate surface area is 91.8 Å². The third-order valence-corrected chi connectivity index (χ3v) is 3.12. The number of nitrogens with one attached hydrogen (secondary N) is 2. The summed E-state index contributed by atoms with van der Waals surface area (Å²) >= 11 is 0. The van der Waals surface area contributed by atoms with E-state index >= 15 is 0 Å². The van der Waals surface area contributed by atoms with E-state index in [1.807, 2.05) is 0 Å². The van der Waals surface area contributed by atoms with Gasteiger partial charge >= 0.3 is 0 Å². The molecule has 4 N–H and O–H groups in total. The molecule has 0 amide bonds. The zero-order chi connectivity index (χ0) is 11.5. The Morgan fingerprint density at radius 2 is 1.93 bits per heavy atom. The Morgan fingerprint density at radius 1 is 1.40 bits per heavy atom. The number of nitrogens with zero attached hydrogens (tertiary/aromatic N) is 1. The van der Waals surface area contributed by atoms with E-state index < -0.39 is 0 Å². The van der Waals surface area contributed by atoms with Crippen molar-refractivity contribution in [1.82, 2.24) is 5.43 Å². The molecule has 0 atom stereocenters. The zero-order valence-electron chi connectivity index (χ0n) is 9.93. The van der Waals surface area contributed by atoms with E-state index in [1.54, 1.807) is 0 Å². The fraction of sp³-hybridized carbons (Fsp3) is 0.818. The van der Waals surface area contributed by atoms with Crippen LogP contribution in [0.1, 0.15) is 46.5 Å². The number of nitrogens with two attached hydrogens (primary N) is 1. The third-order valence-electron chi connectivity index (χ3n) is 3.12. The van der Waals surface area contributed by atoms with Gasteiger partial charge in [0.25, 0.3) is 0 Å². The van der Waals surface area contributed by atoms with E-state index in [0.29, 0.717) is 5.41 Å². The Balaban J connectivity index is 2.42. The summed E-state index contributed by atoms with van der Waals surface area (Å²) in [4.78, 5) is 0. The highest BCUT2D eigenvalue weighted by molar-refractivity contribution is 5.86. The number of rotatable bonds is 1. The molecule has 0 unspecified atom stereocenters. The SMILES string of the molecule is CC(C)(C)C1CCC(=NNC(=N)N)CC1. The highest BCUT2D eigenvalue weighted by Gasteiger charge is 2.27. The van der Waals surface area contributed by atoms with Crippen LogP contribution in [0.15, 0.2) is 5.10 Å². The van der Waals surface area contributed by atoms with Crippen molar-refractivity contribution in [2.75, 3.05) is 0 Å². The molecule has 0 bridgehead atoms. The number of guanidine groups is 1. The van der Waals surface area contributed by atoms with E-state index in [4.69, 9.17) is 11.1 Å². The summed E-state index contributed by atoms with van der Waals surface area (Å²) in [6.07, 6.45) is 4.45. The van der Waals surface area contributed by atoms with Crippen LogP contribution in [0.5, 0.6) is 0 Å². The van der Waals surface area contributed by atoms with Gasteiger partial charge in [-0.05, 0) is 37.0 Å². The molecule has 1 aliphatic carbocycles. The Morgan fingerprint density at radius 3 is 2.33 bits per heavy atom. The maximum atomic E-state index is 7.01. The monoisotopic (exact) mass is 210 g/mol. The molecule has 4 heteroatoms. The Bertz CT molecular complexity index is 252. The van der Waals surface area contributed by atoms with Crippen LogP contribution in [0.2, 0.25) is 0 Å². The standard InChI is InChI=1S/C11H22N4/c1-11(2,3)8-4-6-9(7-5-8)14-15-10(12)13/h8H,4-7H2,1-3H3,(H4,12,13,15). The van der Waals surface area contributed by atoms with Crippen LogP contribution in [-0.2, 0) is 0 Å². The molecule has 1 saturated carbocycles.